The molecule has 0 bridgehead atoms. The number of methoxy groups -OCH3 is 3. The van der Waals surface area contributed by atoms with Gasteiger partial charge in [-0.25, -0.2) is 4.39 Å². The van der Waals surface area contributed by atoms with E-state index in [0.717, 1.165) is 50.6 Å². The van der Waals surface area contributed by atoms with Gasteiger partial charge in [0.2, 0.25) is 0 Å². The predicted molar refractivity (Wildman–Crippen MR) is 142 cm³/mol. The Morgan fingerprint density at radius 3 is 2.19 bits per heavy atom. The molecule has 5 heteroatoms. The lowest BCUT2D eigenvalue weighted by Crippen LogP contribution is -2.06. The molecule has 0 N–H and O–H groups in total. The third kappa shape index (κ3) is 5.20. The molecule has 0 heterocycles. The summed E-state index contributed by atoms with van der Waals surface area (Å²) in [5.41, 5.74) is 5.46. The van der Waals surface area contributed by atoms with Crippen molar-refractivity contribution in [1.82, 2.24) is 0 Å². The molecular weight excluding hydrogens is 455 g/mol. The first-order valence-corrected chi connectivity index (χ1v) is 12.1. The maximum absolute atomic E-state index is 14.3. The fourth-order valence-electron chi connectivity index (χ4n) is 4.56. The molecule has 0 saturated heterocycles. The summed E-state index contributed by atoms with van der Waals surface area (Å²) in [5.74, 6) is 0.815. The summed E-state index contributed by atoms with van der Waals surface area (Å²) in [5, 5.41) is 2.15. The minimum absolute atomic E-state index is 0.115. The van der Waals surface area contributed by atoms with E-state index in [1.54, 1.807) is 14.2 Å². The quantitative estimate of drug-likeness (QED) is 0.227. The maximum atomic E-state index is 14.3. The molecule has 4 aromatic carbocycles. The van der Waals surface area contributed by atoms with Gasteiger partial charge >= 0.3 is 5.97 Å². The first-order valence-electron chi connectivity index (χ1n) is 12.1. The lowest BCUT2D eigenvalue weighted by Gasteiger charge is -2.16. The Morgan fingerprint density at radius 1 is 0.833 bits per heavy atom. The van der Waals surface area contributed by atoms with Crippen molar-refractivity contribution in [1.29, 1.82) is 0 Å². The average Bonchev–Trinajstić information content (AvgIpc) is 2.92. The molecule has 1 unspecified atom stereocenters. The number of hydrogen-bond acceptors (Lipinski definition) is 4. The largest absolute Gasteiger partial charge is 0.493 e. The third-order valence-corrected chi connectivity index (χ3v) is 6.49. The first-order chi connectivity index (χ1) is 17.5. The number of hydrogen-bond donors (Lipinski definition) is 0. The number of halogens is 1. The minimum atomic E-state index is -0.931. The van der Waals surface area contributed by atoms with Crippen molar-refractivity contribution in [2.24, 2.45) is 0 Å². The van der Waals surface area contributed by atoms with Crippen molar-refractivity contribution in [2.75, 3.05) is 21.3 Å². The molecule has 0 aliphatic rings. The summed E-state index contributed by atoms with van der Waals surface area (Å²) in [6, 6.07) is 23.9. The van der Waals surface area contributed by atoms with Crippen LogP contribution in [-0.2, 0) is 16.0 Å². The summed E-state index contributed by atoms with van der Waals surface area (Å²) in [4.78, 5) is 12.1. The van der Waals surface area contributed by atoms with E-state index >= 15 is 0 Å². The molecule has 36 heavy (non-hydrogen) atoms. The van der Waals surface area contributed by atoms with Gasteiger partial charge in [0, 0.05) is 0 Å². The van der Waals surface area contributed by atoms with Crippen LogP contribution in [0.25, 0.3) is 33.0 Å². The van der Waals surface area contributed by atoms with Crippen LogP contribution in [0, 0.1) is 0 Å². The summed E-state index contributed by atoms with van der Waals surface area (Å²) >= 11 is 0. The maximum Gasteiger partial charge on any atom is 0.310 e. The Morgan fingerprint density at radius 2 is 1.53 bits per heavy atom. The topological polar surface area (TPSA) is 44.8 Å². The fraction of sp³-hybridized carbons (Fsp3) is 0.258. The molecule has 4 nitrogen and oxygen atoms in total. The first kappa shape index (κ1) is 25.2. The van der Waals surface area contributed by atoms with Gasteiger partial charge in [-0.3, -0.25) is 4.79 Å². The molecule has 4 aromatic rings. The summed E-state index contributed by atoms with van der Waals surface area (Å²) in [6.45, 7) is 1.99. The molecule has 0 fully saturated rings. The summed E-state index contributed by atoms with van der Waals surface area (Å²) < 4.78 is 30.2. The van der Waals surface area contributed by atoms with Crippen LogP contribution in [0.4, 0.5) is 4.39 Å². The van der Waals surface area contributed by atoms with Crippen LogP contribution >= 0.6 is 0 Å². The Hall–Kier alpha value is -3.86. The van der Waals surface area contributed by atoms with Gasteiger partial charge < -0.3 is 14.2 Å². The van der Waals surface area contributed by atoms with E-state index < -0.39 is 6.17 Å². The normalized spacial score (nSPS) is 11.8. The molecule has 0 aliphatic carbocycles. The second-order valence-electron chi connectivity index (χ2n) is 8.74. The van der Waals surface area contributed by atoms with Gasteiger partial charge in [-0.05, 0) is 68.8 Å². The predicted octanol–water partition coefficient (Wildman–Crippen LogP) is 7.72. The summed E-state index contributed by atoms with van der Waals surface area (Å²) in [6.07, 6.45) is 0.532. The van der Waals surface area contributed by atoms with Crippen LogP contribution in [0.5, 0.6) is 11.5 Å². The second-order valence-corrected chi connectivity index (χ2v) is 8.74. The lowest BCUT2D eigenvalue weighted by atomic mass is 9.92. The van der Waals surface area contributed by atoms with Gasteiger partial charge in [0.05, 0.1) is 27.8 Å². The Kier molecular flexibility index (Phi) is 7.89. The highest BCUT2D eigenvalue weighted by molar-refractivity contribution is 5.99. The number of ether oxygens (including phenoxy) is 3. The second kappa shape index (κ2) is 11.3. The van der Waals surface area contributed by atoms with Gasteiger partial charge in [-0.2, -0.15) is 0 Å². The monoisotopic (exact) mass is 486 g/mol. The van der Waals surface area contributed by atoms with E-state index in [9.17, 15) is 9.18 Å². The molecule has 186 valence electrons. The van der Waals surface area contributed by atoms with Crippen LogP contribution in [-0.4, -0.2) is 27.3 Å². The van der Waals surface area contributed by atoms with Crippen LogP contribution in [0.1, 0.15) is 37.1 Å². The van der Waals surface area contributed by atoms with Crippen molar-refractivity contribution in [3.8, 4) is 33.8 Å². The number of carbonyl (C=O) groups excluding carboxylic acids is 1. The number of fused-ring (bicyclic) bond motifs is 1. The van der Waals surface area contributed by atoms with Crippen molar-refractivity contribution in [3.05, 3.63) is 83.9 Å². The zero-order valence-corrected chi connectivity index (χ0v) is 21.1. The van der Waals surface area contributed by atoms with Gasteiger partial charge in [0.1, 0.15) is 6.17 Å². The van der Waals surface area contributed by atoms with Gasteiger partial charge in [-0.15, -0.1) is 0 Å². The van der Waals surface area contributed by atoms with Gasteiger partial charge in [0.25, 0.3) is 0 Å². The Bertz CT molecular complexity index is 1360. The smallest absolute Gasteiger partial charge is 0.310 e. The molecule has 0 radical (unpaired) electrons. The lowest BCUT2D eigenvalue weighted by molar-refractivity contribution is -0.139. The molecule has 0 aromatic heterocycles. The minimum Gasteiger partial charge on any atom is -0.493 e. The molecule has 0 aliphatic heterocycles. The van der Waals surface area contributed by atoms with Crippen LogP contribution < -0.4 is 9.47 Å². The zero-order valence-electron chi connectivity index (χ0n) is 21.1. The average molecular weight is 487 g/mol. The number of carbonyl (C=O) groups is 1. The number of alkyl halides is 1. The number of esters is 1. The fourth-order valence-corrected chi connectivity index (χ4v) is 4.56. The van der Waals surface area contributed by atoms with Crippen molar-refractivity contribution in [2.45, 2.75) is 32.4 Å². The standard InChI is InChI=1S/C31H31FO4/c1-5-7-28(32)21-12-10-20(11-13-21)25-9-6-8-22-16-23(14-15-26(22)25)27-19-30(35-3)29(34-2)17-24(27)18-31(33)36-4/h6,8-17,19,28H,5,7,18H2,1-4H3. The van der Waals surface area contributed by atoms with E-state index in [1.807, 2.05) is 55.5 Å². The highest BCUT2D eigenvalue weighted by atomic mass is 19.1. The Labute approximate surface area is 211 Å². The molecule has 1 atom stereocenters. The Balaban J connectivity index is 1.77. The van der Waals surface area contributed by atoms with Crippen molar-refractivity contribution < 1.29 is 23.4 Å². The van der Waals surface area contributed by atoms with Crippen LogP contribution in [0.3, 0.4) is 0 Å². The van der Waals surface area contributed by atoms with Crippen LogP contribution in [0.2, 0.25) is 0 Å². The highest BCUT2D eigenvalue weighted by Crippen LogP contribution is 2.38. The van der Waals surface area contributed by atoms with E-state index in [4.69, 9.17) is 14.2 Å². The van der Waals surface area contributed by atoms with Crippen LogP contribution in [0.15, 0.2) is 72.8 Å². The van der Waals surface area contributed by atoms with E-state index in [2.05, 4.69) is 24.3 Å². The third-order valence-electron chi connectivity index (χ3n) is 6.49. The van der Waals surface area contributed by atoms with E-state index in [-0.39, 0.29) is 12.4 Å². The van der Waals surface area contributed by atoms with Gasteiger partial charge in [0.15, 0.2) is 11.5 Å². The summed E-state index contributed by atoms with van der Waals surface area (Å²) in [7, 11) is 4.54. The number of rotatable bonds is 9. The number of benzene rings is 4. The van der Waals surface area contributed by atoms with Gasteiger partial charge in [-0.1, -0.05) is 67.9 Å². The van der Waals surface area contributed by atoms with E-state index in [1.165, 1.54) is 7.11 Å². The van der Waals surface area contributed by atoms with Crippen molar-refractivity contribution >= 4 is 16.7 Å². The van der Waals surface area contributed by atoms with Crippen molar-refractivity contribution in [3.63, 3.8) is 0 Å². The molecule has 0 saturated carbocycles. The zero-order chi connectivity index (χ0) is 25.7. The molecule has 4 rings (SSSR count). The highest BCUT2D eigenvalue weighted by Gasteiger charge is 2.17. The molecular formula is C31H31FO4. The SMILES string of the molecule is CCCC(F)c1ccc(-c2cccc3cc(-c4cc(OC)c(OC)cc4CC(=O)OC)ccc23)cc1. The molecule has 0 spiro atoms. The molecule has 0 amide bonds. The van der Waals surface area contributed by atoms with E-state index in [0.29, 0.717) is 17.9 Å².